The van der Waals surface area contributed by atoms with Gasteiger partial charge >= 0.3 is 5.97 Å². The molecule has 0 saturated carbocycles. The Balaban J connectivity index is 1.48. The van der Waals surface area contributed by atoms with Crippen molar-refractivity contribution in [3.05, 3.63) is 69.8 Å². The lowest BCUT2D eigenvalue weighted by atomic mass is 10.1. The van der Waals surface area contributed by atoms with Crippen molar-refractivity contribution in [3.8, 4) is 0 Å². The molecule has 0 radical (unpaired) electrons. The maximum Gasteiger partial charge on any atom is 0.338 e. The lowest BCUT2D eigenvalue weighted by Crippen LogP contribution is -2.30. The number of nitro benzene ring substituents is 1. The first kappa shape index (κ1) is 22.3. The maximum atomic E-state index is 12.3. The van der Waals surface area contributed by atoms with Crippen molar-refractivity contribution in [2.24, 2.45) is 0 Å². The summed E-state index contributed by atoms with van der Waals surface area (Å²) in [4.78, 5) is 37.2. The van der Waals surface area contributed by atoms with Crippen LogP contribution < -0.4 is 10.2 Å². The van der Waals surface area contributed by atoms with Gasteiger partial charge in [0.25, 0.3) is 11.6 Å². The lowest BCUT2D eigenvalue weighted by Gasteiger charge is -2.28. The van der Waals surface area contributed by atoms with Gasteiger partial charge in [0.05, 0.1) is 10.5 Å². The van der Waals surface area contributed by atoms with Gasteiger partial charge in [-0.15, -0.1) is 0 Å². The van der Waals surface area contributed by atoms with Gasteiger partial charge in [0.15, 0.2) is 6.61 Å². The SMILES string of the molecule is O=C(COC(=O)c1ccc(N2CCCCC2)c([N+](=O)[O-])c1)NCCCc1ccccc1. The van der Waals surface area contributed by atoms with Crippen molar-refractivity contribution < 1.29 is 19.2 Å². The molecule has 1 N–H and O–H groups in total. The molecule has 8 nitrogen and oxygen atoms in total. The van der Waals surface area contributed by atoms with Crippen molar-refractivity contribution >= 4 is 23.3 Å². The minimum absolute atomic E-state index is 0.0596. The Bertz CT molecular complexity index is 911. The third-order valence-corrected chi connectivity index (χ3v) is 5.25. The molecule has 3 rings (SSSR count). The Kier molecular flexibility index (Phi) is 7.98. The molecule has 2 aromatic rings. The highest BCUT2D eigenvalue weighted by Crippen LogP contribution is 2.31. The van der Waals surface area contributed by atoms with Gasteiger partial charge in [-0.05, 0) is 49.8 Å². The monoisotopic (exact) mass is 425 g/mol. The van der Waals surface area contributed by atoms with Crippen LogP contribution in [0.25, 0.3) is 0 Å². The lowest BCUT2D eigenvalue weighted by molar-refractivity contribution is -0.384. The fourth-order valence-electron chi connectivity index (χ4n) is 3.63. The van der Waals surface area contributed by atoms with Crippen LogP contribution in [-0.2, 0) is 16.0 Å². The van der Waals surface area contributed by atoms with Gasteiger partial charge in [0.2, 0.25) is 0 Å². The summed E-state index contributed by atoms with van der Waals surface area (Å²) in [5.41, 5.74) is 1.64. The van der Waals surface area contributed by atoms with Crippen molar-refractivity contribution in [1.82, 2.24) is 5.32 Å². The Labute approximate surface area is 181 Å². The quantitative estimate of drug-likeness (QED) is 0.286. The minimum Gasteiger partial charge on any atom is -0.452 e. The molecule has 8 heteroatoms. The van der Waals surface area contributed by atoms with Crippen molar-refractivity contribution in [2.75, 3.05) is 31.1 Å². The normalized spacial score (nSPS) is 13.5. The van der Waals surface area contributed by atoms with E-state index in [1.165, 1.54) is 17.7 Å². The highest BCUT2D eigenvalue weighted by molar-refractivity contribution is 5.93. The number of hydrogen-bond donors (Lipinski definition) is 1. The number of benzene rings is 2. The molecule has 0 unspecified atom stereocenters. The van der Waals surface area contributed by atoms with E-state index in [-0.39, 0.29) is 11.3 Å². The van der Waals surface area contributed by atoms with E-state index in [0.717, 1.165) is 45.2 Å². The summed E-state index contributed by atoms with van der Waals surface area (Å²) >= 11 is 0. The number of amides is 1. The average molecular weight is 425 g/mol. The van der Waals surface area contributed by atoms with Gasteiger partial charge in [0, 0.05) is 25.7 Å². The van der Waals surface area contributed by atoms with Gasteiger partial charge in [-0.1, -0.05) is 30.3 Å². The summed E-state index contributed by atoms with van der Waals surface area (Å²) in [6, 6.07) is 14.3. The highest BCUT2D eigenvalue weighted by atomic mass is 16.6. The minimum atomic E-state index is -0.757. The molecule has 1 fully saturated rings. The molecule has 1 saturated heterocycles. The number of ether oxygens (including phenoxy) is 1. The zero-order valence-electron chi connectivity index (χ0n) is 17.4. The third kappa shape index (κ3) is 6.53. The number of hydrogen-bond acceptors (Lipinski definition) is 6. The summed E-state index contributed by atoms with van der Waals surface area (Å²) in [6.45, 7) is 1.57. The van der Waals surface area contributed by atoms with E-state index in [0.29, 0.717) is 12.2 Å². The molecule has 1 aliphatic heterocycles. The molecule has 0 aliphatic carbocycles. The van der Waals surface area contributed by atoms with E-state index in [4.69, 9.17) is 4.74 Å². The van der Waals surface area contributed by atoms with E-state index >= 15 is 0 Å². The predicted molar refractivity (Wildman–Crippen MR) is 117 cm³/mol. The summed E-state index contributed by atoms with van der Waals surface area (Å²) in [7, 11) is 0. The van der Waals surface area contributed by atoms with Crippen LogP contribution in [0.15, 0.2) is 48.5 Å². The predicted octanol–water partition coefficient (Wildman–Crippen LogP) is 3.49. The van der Waals surface area contributed by atoms with Crippen LogP contribution >= 0.6 is 0 Å². The van der Waals surface area contributed by atoms with Crippen LogP contribution in [0.5, 0.6) is 0 Å². The number of carbonyl (C=O) groups excluding carboxylic acids is 2. The molecule has 0 spiro atoms. The van der Waals surface area contributed by atoms with Crippen molar-refractivity contribution in [1.29, 1.82) is 0 Å². The van der Waals surface area contributed by atoms with Crippen LogP contribution in [0.3, 0.4) is 0 Å². The standard InChI is InChI=1S/C23H27N3O5/c27-22(24-13-7-10-18-8-3-1-4-9-18)17-31-23(28)19-11-12-20(21(16-19)26(29)30)25-14-5-2-6-15-25/h1,3-4,8-9,11-12,16H,2,5-7,10,13-15,17H2,(H,24,27). The molecule has 0 bridgehead atoms. The maximum absolute atomic E-state index is 12.3. The van der Waals surface area contributed by atoms with Gasteiger partial charge < -0.3 is 15.0 Å². The number of nitrogens with one attached hydrogen (secondary N) is 1. The molecule has 2 aromatic carbocycles. The molecule has 164 valence electrons. The smallest absolute Gasteiger partial charge is 0.338 e. The molecular weight excluding hydrogens is 398 g/mol. The van der Waals surface area contributed by atoms with E-state index < -0.39 is 23.4 Å². The summed E-state index contributed by atoms with van der Waals surface area (Å²) in [5, 5.41) is 14.2. The summed E-state index contributed by atoms with van der Waals surface area (Å²) < 4.78 is 5.04. The molecule has 0 atom stereocenters. The number of anilines is 1. The number of rotatable bonds is 9. The summed E-state index contributed by atoms with van der Waals surface area (Å²) in [5.74, 6) is -1.16. The zero-order chi connectivity index (χ0) is 22.1. The first-order chi connectivity index (χ1) is 15.0. The van der Waals surface area contributed by atoms with Crippen molar-refractivity contribution in [2.45, 2.75) is 32.1 Å². The average Bonchev–Trinajstić information content (AvgIpc) is 2.81. The topological polar surface area (TPSA) is 102 Å². The van der Waals surface area contributed by atoms with Crippen LogP contribution in [0.2, 0.25) is 0 Å². The molecule has 31 heavy (non-hydrogen) atoms. The number of carbonyl (C=O) groups is 2. The van der Waals surface area contributed by atoms with Crippen molar-refractivity contribution in [3.63, 3.8) is 0 Å². The van der Waals surface area contributed by atoms with Gasteiger partial charge in [-0.25, -0.2) is 4.79 Å². The van der Waals surface area contributed by atoms with Crippen LogP contribution in [0, 0.1) is 10.1 Å². The van der Waals surface area contributed by atoms with Crippen LogP contribution in [0.4, 0.5) is 11.4 Å². The molecule has 1 aliphatic rings. The largest absolute Gasteiger partial charge is 0.452 e. The Morgan fingerprint density at radius 2 is 1.81 bits per heavy atom. The van der Waals surface area contributed by atoms with Gasteiger partial charge in [0.1, 0.15) is 5.69 Å². The number of nitro groups is 1. The van der Waals surface area contributed by atoms with Crippen LogP contribution in [-0.4, -0.2) is 43.0 Å². The van der Waals surface area contributed by atoms with Crippen LogP contribution in [0.1, 0.15) is 41.6 Å². The Hall–Kier alpha value is -3.42. The first-order valence-corrected chi connectivity index (χ1v) is 10.6. The van der Waals surface area contributed by atoms with E-state index in [1.807, 2.05) is 35.2 Å². The fourth-order valence-corrected chi connectivity index (χ4v) is 3.63. The van der Waals surface area contributed by atoms with E-state index in [9.17, 15) is 19.7 Å². The molecular formula is C23H27N3O5. The number of esters is 1. The van der Waals surface area contributed by atoms with E-state index in [2.05, 4.69) is 5.32 Å². The highest BCUT2D eigenvalue weighted by Gasteiger charge is 2.23. The summed E-state index contributed by atoms with van der Waals surface area (Å²) in [6.07, 6.45) is 4.70. The third-order valence-electron chi connectivity index (χ3n) is 5.25. The molecule has 1 heterocycles. The Morgan fingerprint density at radius 3 is 2.52 bits per heavy atom. The second-order valence-electron chi connectivity index (χ2n) is 7.52. The number of aryl methyl sites for hydroxylation is 1. The second kappa shape index (κ2) is 11.1. The molecule has 0 aromatic heterocycles. The first-order valence-electron chi connectivity index (χ1n) is 10.6. The molecule has 1 amide bonds. The second-order valence-corrected chi connectivity index (χ2v) is 7.52. The fraction of sp³-hybridized carbons (Fsp3) is 0.391. The van der Waals surface area contributed by atoms with E-state index in [1.54, 1.807) is 6.07 Å². The van der Waals surface area contributed by atoms with Gasteiger partial charge in [-0.2, -0.15) is 0 Å². The number of nitrogens with zero attached hydrogens (tertiary/aromatic N) is 2. The Morgan fingerprint density at radius 1 is 1.06 bits per heavy atom. The van der Waals surface area contributed by atoms with Gasteiger partial charge in [-0.3, -0.25) is 14.9 Å². The zero-order valence-corrected chi connectivity index (χ0v) is 17.4. The number of piperidine rings is 1.